The molecule has 0 bridgehead atoms. The number of esters is 1. The monoisotopic (exact) mass is 444 g/mol. The number of hydrogen-bond donors (Lipinski definition) is 5. The number of benzene rings is 1. The third-order valence-electron chi connectivity index (χ3n) is 4.69. The molecule has 1 fully saturated rings. The molecule has 1 saturated heterocycles. The second-order valence-electron chi connectivity index (χ2n) is 6.92. The summed E-state index contributed by atoms with van der Waals surface area (Å²) in [7, 11) is 1.02. The van der Waals surface area contributed by atoms with Crippen molar-refractivity contribution in [1.29, 1.82) is 0 Å². The van der Waals surface area contributed by atoms with Gasteiger partial charge in [-0.05, 0) is 12.1 Å². The van der Waals surface area contributed by atoms with Gasteiger partial charge in [-0.25, -0.2) is 4.79 Å². The van der Waals surface area contributed by atoms with Crippen molar-refractivity contribution >= 4 is 17.6 Å². The lowest BCUT2D eigenvalue weighted by molar-refractivity contribution is -0.384. The number of nitro benzene ring substituents is 1. The lowest BCUT2D eigenvalue weighted by Crippen LogP contribution is -2.68. The molecule has 1 amide bonds. The molecule has 0 radical (unpaired) electrons. The highest BCUT2D eigenvalue weighted by Gasteiger charge is 2.57. The molecule has 172 valence electrons. The first-order valence-electron chi connectivity index (χ1n) is 9.16. The number of nitrogens with zero attached hydrogens (tertiary/aromatic N) is 1. The average molecular weight is 444 g/mol. The minimum absolute atomic E-state index is 0.0582. The molecular weight excluding hydrogens is 420 g/mol. The predicted molar refractivity (Wildman–Crippen MR) is 101 cm³/mol. The summed E-state index contributed by atoms with van der Waals surface area (Å²) in [5, 5.41) is 53.3. The zero-order chi connectivity index (χ0) is 23.3. The average Bonchev–Trinajstić information content (AvgIpc) is 2.73. The molecule has 0 aliphatic carbocycles. The molecule has 0 spiro atoms. The lowest BCUT2D eigenvalue weighted by Gasteiger charge is -2.46. The number of nitro groups is 1. The zero-order valence-corrected chi connectivity index (χ0v) is 16.7. The van der Waals surface area contributed by atoms with Crippen LogP contribution in [0.4, 0.5) is 5.69 Å². The van der Waals surface area contributed by atoms with E-state index in [1.807, 2.05) is 0 Å². The molecule has 5 N–H and O–H groups in total. The Bertz CT molecular complexity index is 802. The van der Waals surface area contributed by atoms with Gasteiger partial charge in [0.15, 0.2) is 0 Å². The van der Waals surface area contributed by atoms with Gasteiger partial charge >= 0.3 is 11.8 Å². The van der Waals surface area contributed by atoms with E-state index in [1.54, 1.807) is 0 Å². The van der Waals surface area contributed by atoms with E-state index >= 15 is 0 Å². The maximum Gasteiger partial charge on any atom is 0.379 e. The second-order valence-corrected chi connectivity index (χ2v) is 6.92. The highest BCUT2D eigenvalue weighted by molar-refractivity contribution is 5.79. The Balaban J connectivity index is 2.44. The Kier molecular flexibility index (Phi) is 7.86. The first-order chi connectivity index (χ1) is 14.5. The SMILES string of the molecule is COC(=O)[C@]1(Oc2ccc([N+](=O)[O-])cc2)C[C@H](O)[C@H](NC(C)=O)[C@H]([C@@H](O)[C@H](O)CO)O1. The highest BCUT2D eigenvalue weighted by atomic mass is 16.7. The Labute approximate surface area is 176 Å². The van der Waals surface area contributed by atoms with Crippen LogP contribution >= 0.6 is 0 Å². The van der Waals surface area contributed by atoms with Gasteiger partial charge in [0.25, 0.3) is 5.69 Å². The maximum absolute atomic E-state index is 12.6. The van der Waals surface area contributed by atoms with Crippen molar-refractivity contribution in [3.8, 4) is 5.75 Å². The number of ether oxygens (including phenoxy) is 3. The number of amides is 1. The molecular formula is C18H24N2O11. The van der Waals surface area contributed by atoms with E-state index in [2.05, 4.69) is 5.32 Å². The smallest absolute Gasteiger partial charge is 0.379 e. The molecule has 0 saturated carbocycles. The van der Waals surface area contributed by atoms with Crippen LogP contribution in [0.3, 0.4) is 0 Å². The summed E-state index contributed by atoms with van der Waals surface area (Å²) in [5.74, 6) is -4.09. The first kappa shape index (κ1) is 24.4. The standard InChI is InChI=1S/C18H24N2O11/c1-9(22)19-14-12(23)7-18(17(26)29-2,31-16(14)15(25)13(24)8-21)30-11-5-3-10(4-6-11)20(27)28/h3-6,12-16,21,23-25H,7-8H2,1-2H3,(H,19,22)/t12-,13+,14-,15-,16+,18-/m0/s1. The number of nitrogens with one attached hydrogen (secondary N) is 1. The highest BCUT2D eigenvalue weighted by Crippen LogP contribution is 2.35. The molecule has 1 aliphatic rings. The number of aliphatic hydroxyl groups is 4. The van der Waals surface area contributed by atoms with Crippen molar-refractivity contribution in [3.63, 3.8) is 0 Å². The topological polar surface area (TPSA) is 198 Å². The van der Waals surface area contributed by atoms with Gasteiger partial charge in [0.05, 0.1) is 37.2 Å². The van der Waals surface area contributed by atoms with Gasteiger partial charge in [0.1, 0.15) is 24.1 Å². The van der Waals surface area contributed by atoms with E-state index in [4.69, 9.17) is 19.3 Å². The first-order valence-corrected chi connectivity index (χ1v) is 9.16. The number of aliphatic hydroxyl groups excluding tert-OH is 4. The summed E-state index contributed by atoms with van der Waals surface area (Å²) in [6, 6.07) is 3.33. The fraction of sp³-hybridized carbons (Fsp3) is 0.556. The van der Waals surface area contributed by atoms with E-state index in [9.17, 15) is 35.0 Å². The van der Waals surface area contributed by atoms with Gasteiger partial charge < -0.3 is 40.0 Å². The fourth-order valence-electron chi connectivity index (χ4n) is 3.21. The van der Waals surface area contributed by atoms with Crippen LogP contribution in [0.1, 0.15) is 13.3 Å². The van der Waals surface area contributed by atoms with Crippen molar-refractivity contribution < 1.29 is 49.1 Å². The van der Waals surface area contributed by atoms with Gasteiger partial charge in [0.2, 0.25) is 5.91 Å². The summed E-state index contributed by atoms with van der Waals surface area (Å²) in [6.45, 7) is 0.270. The molecule has 0 unspecified atom stereocenters. The Hall–Kier alpha value is -2.84. The third-order valence-corrected chi connectivity index (χ3v) is 4.69. The van der Waals surface area contributed by atoms with Crippen LogP contribution in [0.5, 0.6) is 5.75 Å². The summed E-state index contributed by atoms with van der Waals surface area (Å²) < 4.78 is 16.0. The fourth-order valence-corrected chi connectivity index (χ4v) is 3.21. The number of non-ortho nitro benzene ring substituents is 1. The van der Waals surface area contributed by atoms with Crippen LogP contribution < -0.4 is 10.1 Å². The molecule has 2 rings (SSSR count). The number of carbonyl (C=O) groups excluding carboxylic acids is 2. The quantitative estimate of drug-likeness (QED) is 0.172. The normalized spacial score (nSPS) is 27.6. The van der Waals surface area contributed by atoms with Crippen molar-refractivity contribution in [2.75, 3.05) is 13.7 Å². The van der Waals surface area contributed by atoms with Crippen LogP contribution in [-0.2, 0) is 19.1 Å². The minimum Gasteiger partial charge on any atom is -0.464 e. The van der Waals surface area contributed by atoms with E-state index in [-0.39, 0.29) is 11.4 Å². The van der Waals surface area contributed by atoms with Crippen molar-refractivity contribution in [2.45, 2.75) is 49.6 Å². The largest absolute Gasteiger partial charge is 0.464 e. The van der Waals surface area contributed by atoms with Gasteiger partial charge in [-0.15, -0.1) is 0 Å². The lowest BCUT2D eigenvalue weighted by atomic mass is 9.88. The summed E-state index contributed by atoms with van der Waals surface area (Å²) in [6.07, 6.45) is -7.25. The predicted octanol–water partition coefficient (Wildman–Crippen LogP) is -1.79. The number of rotatable bonds is 8. The Morgan fingerprint density at radius 1 is 1.35 bits per heavy atom. The van der Waals surface area contributed by atoms with Crippen molar-refractivity contribution in [3.05, 3.63) is 34.4 Å². The van der Waals surface area contributed by atoms with E-state index < -0.39 is 66.1 Å². The molecule has 1 aromatic carbocycles. The van der Waals surface area contributed by atoms with Crippen LogP contribution in [0.25, 0.3) is 0 Å². The number of hydrogen-bond acceptors (Lipinski definition) is 11. The maximum atomic E-state index is 12.6. The molecule has 1 aromatic rings. The number of methoxy groups -OCH3 is 1. The number of carbonyl (C=O) groups is 2. The summed E-state index contributed by atoms with van der Waals surface area (Å²) in [4.78, 5) is 34.3. The summed E-state index contributed by atoms with van der Waals surface area (Å²) >= 11 is 0. The third kappa shape index (κ3) is 5.45. The Morgan fingerprint density at radius 3 is 2.45 bits per heavy atom. The molecule has 6 atom stereocenters. The molecule has 31 heavy (non-hydrogen) atoms. The van der Waals surface area contributed by atoms with E-state index in [1.165, 1.54) is 12.1 Å². The molecule has 0 aromatic heterocycles. The minimum atomic E-state index is -2.33. The molecule has 13 heteroatoms. The zero-order valence-electron chi connectivity index (χ0n) is 16.7. The second kappa shape index (κ2) is 9.98. The summed E-state index contributed by atoms with van der Waals surface area (Å²) in [5.41, 5.74) is -0.242. The van der Waals surface area contributed by atoms with Crippen LogP contribution in [0, 0.1) is 10.1 Å². The van der Waals surface area contributed by atoms with Gasteiger partial charge in [-0.3, -0.25) is 14.9 Å². The van der Waals surface area contributed by atoms with E-state index in [0.29, 0.717) is 0 Å². The van der Waals surface area contributed by atoms with Crippen molar-refractivity contribution in [2.24, 2.45) is 0 Å². The van der Waals surface area contributed by atoms with E-state index in [0.717, 1.165) is 26.2 Å². The van der Waals surface area contributed by atoms with Crippen molar-refractivity contribution in [1.82, 2.24) is 5.32 Å². The van der Waals surface area contributed by atoms with Crippen LogP contribution in [-0.4, -0.2) is 87.2 Å². The van der Waals surface area contributed by atoms with Crippen LogP contribution in [0.2, 0.25) is 0 Å². The van der Waals surface area contributed by atoms with Gasteiger partial charge in [0, 0.05) is 19.1 Å². The van der Waals surface area contributed by atoms with Gasteiger partial charge in [-0.1, -0.05) is 0 Å². The molecule has 13 nitrogen and oxygen atoms in total. The van der Waals surface area contributed by atoms with Crippen LogP contribution in [0.15, 0.2) is 24.3 Å². The molecule has 1 heterocycles. The van der Waals surface area contributed by atoms with Gasteiger partial charge in [-0.2, -0.15) is 0 Å². The Morgan fingerprint density at radius 2 is 1.97 bits per heavy atom. The molecule has 1 aliphatic heterocycles.